The minimum atomic E-state index is 0. The van der Waals surface area contributed by atoms with Crippen molar-refractivity contribution in [3.8, 4) is 0 Å². The van der Waals surface area contributed by atoms with Crippen LogP contribution in [-0.2, 0) is 4.79 Å². The largest absolute Gasteiger partial charge is 0.368 e. The van der Waals surface area contributed by atoms with Crippen LogP contribution in [0.3, 0.4) is 0 Å². The predicted molar refractivity (Wildman–Crippen MR) is 126 cm³/mol. The van der Waals surface area contributed by atoms with Crippen molar-refractivity contribution >= 4 is 29.6 Å². The summed E-state index contributed by atoms with van der Waals surface area (Å²) >= 11 is 0. The zero-order valence-electron chi connectivity index (χ0n) is 18.8. The molecule has 0 spiro atoms. The number of likely N-dealkylation sites (N-methyl/N-ethyl adjacent to an activating group) is 1. The fraction of sp³-hybridized carbons (Fsp3) is 0.625. The van der Waals surface area contributed by atoms with Gasteiger partial charge in [0.1, 0.15) is 0 Å². The summed E-state index contributed by atoms with van der Waals surface area (Å²) in [5.74, 6) is 0.968. The second-order valence-electron chi connectivity index (χ2n) is 9.64. The van der Waals surface area contributed by atoms with Gasteiger partial charge in [0.2, 0.25) is 5.91 Å². The molecule has 5 heteroatoms. The highest BCUT2D eigenvalue weighted by Crippen LogP contribution is 2.41. The normalized spacial score (nSPS) is 20.7. The van der Waals surface area contributed by atoms with Gasteiger partial charge in [-0.3, -0.25) is 9.69 Å². The number of piperazine rings is 1. The first-order valence-electron chi connectivity index (χ1n) is 10.7. The Morgan fingerprint density at radius 2 is 1.76 bits per heavy atom. The van der Waals surface area contributed by atoms with E-state index in [0.717, 1.165) is 32.1 Å². The number of hydrogen-bond acceptors (Lipinski definition) is 3. The lowest BCUT2D eigenvalue weighted by atomic mass is 9.72. The van der Waals surface area contributed by atoms with Crippen LogP contribution < -0.4 is 4.90 Å². The molecule has 0 aromatic heterocycles. The summed E-state index contributed by atoms with van der Waals surface area (Å²) in [5, 5.41) is 0. The number of amides is 1. The number of benzene rings is 1. The molecule has 1 saturated heterocycles. The molecule has 1 atom stereocenters. The molecule has 3 rings (SSSR count). The first-order chi connectivity index (χ1) is 13.3. The van der Waals surface area contributed by atoms with Crippen LogP contribution in [0, 0.1) is 11.3 Å². The SMILES string of the molecule is CN(C)C(=O)CN1CCN(c2ccccc2C2=CCC(C(C)(C)C)CC2)CC1.Cl. The summed E-state index contributed by atoms with van der Waals surface area (Å²) in [5.41, 5.74) is 4.68. The zero-order chi connectivity index (χ0) is 20.3. The van der Waals surface area contributed by atoms with E-state index >= 15 is 0 Å². The summed E-state index contributed by atoms with van der Waals surface area (Å²) in [6.45, 7) is 11.5. The third-order valence-electron chi connectivity index (χ3n) is 6.46. The van der Waals surface area contributed by atoms with Crippen molar-refractivity contribution in [2.24, 2.45) is 11.3 Å². The van der Waals surface area contributed by atoms with Gasteiger partial charge in [0.25, 0.3) is 0 Å². The van der Waals surface area contributed by atoms with E-state index in [4.69, 9.17) is 0 Å². The molecule has 0 bridgehead atoms. The van der Waals surface area contributed by atoms with Crippen LogP contribution in [0.5, 0.6) is 0 Å². The van der Waals surface area contributed by atoms with Gasteiger partial charge in [-0.25, -0.2) is 0 Å². The average Bonchev–Trinajstić information content (AvgIpc) is 2.68. The van der Waals surface area contributed by atoms with Crippen LogP contribution in [-0.4, -0.2) is 62.5 Å². The number of carbonyl (C=O) groups is 1. The second-order valence-corrected chi connectivity index (χ2v) is 9.64. The summed E-state index contributed by atoms with van der Waals surface area (Å²) < 4.78 is 0. The Morgan fingerprint density at radius 3 is 2.31 bits per heavy atom. The molecule has 1 heterocycles. The number of nitrogens with zero attached hydrogens (tertiary/aromatic N) is 3. The quantitative estimate of drug-likeness (QED) is 0.716. The fourth-order valence-corrected chi connectivity index (χ4v) is 4.37. The maximum Gasteiger partial charge on any atom is 0.236 e. The van der Waals surface area contributed by atoms with E-state index in [-0.39, 0.29) is 18.3 Å². The van der Waals surface area contributed by atoms with Crippen LogP contribution in [0.25, 0.3) is 5.57 Å². The van der Waals surface area contributed by atoms with Gasteiger partial charge in [-0.2, -0.15) is 0 Å². The zero-order valence-corrected chi connectivity index (χ0v) is 19.6. The van der Waals surface area contributed by atoms with Crippen LogP contribution in [0.15, 0.2) is 30.3 Å². The lowest BCUT2D eigenvalue weighted by Gasteiger charge is -2.38. The molecule has 1 unspecified atom stereocenters. The van der Waals surface area contributed by atoms with E-state index in [0.29, 0.717) is 12.0 Å². The number of allylic oxidation sites excluding steroid dienone is 2. The molecule has 1 aromatic rings. The Hall–Kier alpha value is -1.52. The van der Waals surface area contributed by atoms with Crippen LogP contribution in [0.2, 0.25) is 0 Å². The maximum atomic E-state index is 12.0. The van der Waals surface area contributed by atoms with Gasteiger partial charge in [0.05, 0.1) is 6.54 Å². The topological polar surface area (TPSA) is 26.8 Å². The number of halogens is 1. The van der Waals surface area contributed by atoms with E-state index in [1.54, 1.807) is 4.90 Å². The van der Waals surface area contributed by atoms with Gasteiger partial charge in [-0.05, 0) is 42.2 Å². The maximum absolute atomic E-state index is 12.0. The van der Waals surface area contributed by atoms with Crippen molar-refractivity contribution in [1.82, 2.24) is 9.80 Å². The van der Waals surface area contributed by atoms with E-state index in [1.807, 2.05) is 14.1 Å². The molecule has 0 radical (unpaired) electrons. The Kier molecular flexibility index (Phi) is 8.18. The van der Waals surface area contributed by atoms with E-state index in [2.05, 4.69) is 60.9 Å². The highest BCUT2D eigenvalue weighted by Gasteiger charge is 2.28. The van der Waals surface area contributed by atoms with E-state index in [9.17, 15) is 4.79 Å². The van der Waals surface area contributed by atoms with Gasteiger partial charge < -0.3 is 9.80 Å². The van der Waals surface area contributed by atoms with Gasteiger partial charge in [-0.15, -0.1) is 12.4 Å². The molecule has 1 aliphatic carbocycles. The highest BCUT2D eigenvalue weighted by molar-refractivity contribution is 5.85. The Labute approximate surface area is 183 Å². The Morgan fingerprint density at radius 1 is 1.10 bits per heavy atom. The average molecular weight is 420 g/mol. The third-order valence-corrected chi connectivity index (χ3v) is 6.46. The molecule has 0 saturated carbocycles. The molecule has 1 aliphatic heterocycles. The molecule has 2 aliphatic rings. The number of carbonyl (C=O) groups excluding carboxylic acids is 1. The first-order valence-corrected chi connectivity index (χ1v) is 10.7. The van der Waals surface area contributed by atoms with Crippen molar-refractivity contribution in [3.63, 3.8) is 0 Å². The Bertz CT molecular complexity index is 715. The van der Waals surface area contributed by atoms with Crippen LogP contribution in [0.4, 0.5) is 5.69 Å². The van der Waals surface area contributed by atoms with Crippen molar-refractivity contribution in [2.75, 3.05) is 51.7 Å². The monoisotopic (exact) mass is 419 g/mol. The van der Waals surface area contributed by atoms with Gasteiger partial charge in [0, 0.05) is 51.5 Å². The summed E-state index contributed by atoms with van der Waals surface area (Å²) in [4.78, 5) is 18.4. The molecule has 29 heavy (non-hydrogen) atoms. The first kappa shape index (κ1) is 23.8. The van der Waals surface area contributed by atoms with E-state index < -0.39 is 0 Å². The Balaban J connectivity index is 0.00000300. The minimum absolute atomic E-state index is 0. The number of para-hydroxylation sites is 1. The lowest BCUT2D eigenvalue weighted by Crippen LogP contribution is -2.49. The molecule has 162 valence electrons. The smallest absolute Gasteiger partial charge is 0.236 e. The molecular weight excluding hydrogens is 382 g/mol. The van der Waals surface area contributed by atoms with Crippen molar-refractivity contribution < 1.29 is 4.79 Å². The molecule has 1 amide bonds. The molecule has 1 aromatic carbocycles. The van der Waals surface area contributed by atoms with E-state index in [1.165, 1.54) is 36.1 Å². The molecular formula is C24H38ClN3O. The summed E-state index contributed by atoms with van der Waals surface area (Å²) in [6, 6.07) is 8.89. The minimum Gasteiger partial charge on any atom is -0.368 e. The predicted octanol–water partition coefficient (Wildman–Crippen LogP) is 4.55. The van der Waals surface area contributed by atoms with Crippen LogP contribution >= 0.6 is 12.4 Å². The summed E-state index contributed by atoms with van der Waals surface area (Å²) in [6.07, 6.45) is 6.14. The van der Waals surface area contributed by atoms with Crippen LogP contribution in [0.1, 0.15) is 45.6 Å². The number of hydrogen-bond donors (Lipinski definition) is 0. The lowest BCUT2D eigenvalue weighted by molar-refractivity contribution is -0.129. The fourth-order valence-electron chi connectivity index (χ4n) is 4.37. The van der Waals surface area contributed by atoms with Crippen molar-refractivity contribution in [2.45, 2.75) is 40.0 Å². The van der Waals surface area contributed by atoms with Crippen molar-refractivity contribution in [3.05, 3.63) is 35.9 Å². The summed E-state index contributed by atoms with van der Waals surface area (Å²) in [7, 11) is 3.66. The highest BCUT2D eigenvalue weighted by atomic mass is 35.5. The third kappa shape index (κ3) is 5.99. The van der Waals surface area contributed by atoms with Crippen molar-refractivity contribution in [1.29, 1.82) is 0 Å². The molecule has 4 nitrogen and oxygen atoms in total. The van der Waals surface area contributed by atoms with Gasteiger partial charge in [-0.1, -0.05) is 45.0 Å². The standard InChI is InChI=1S/C24H37N3O.ClH/c1-24(2,3)20-12-10-19(11-13-20)21-8-6-7-9-22(21)27-16-14-26(15-17-27)18-23(28)25(4)5;/h6-10,20H,11-18H2,1-5H3;1H. The number of anilines is 1. The molecule has 1 fully saturated rings. The van der Waals surface area contributed by atoms with Gasteiger partial charge in [0.15, 0.2) is 0 Å². The number of rotatable bonds is 4. The molecule has 0 N–H and O–H groups in total. The van der Waals surface area contributed by atoms with Gasteiger partial charge >= 0.3 is 0 Å². The second kappa shape index (κ2) is 9.99.